The van der Waals surface area contributed by atoms with Gasteiger partial charge >= 0.3 is 0 Å². The average Bonchev–Trinajstić information content (AvgIpc) is 2.96. The number of hydrogen-bond acceptors (Lipinski definition) is 6. The second kappa shape index (κ2) is 6.36. The smallest absolute Gasteiger partial charge is 0.224 e. The summed E-state index contributed by atoms with van der Waals surface area (Å²) in [7, 11) is 3.89. The van der Waals surface area contributed by atoms with Crippen LogP contribution in [0.1, 0.15) is 36.0 Å². The molecule has 2 aromatic heterocycles. The maximum Gasteiger partial charge on any atom is 0.224 e. The third-order valence-corrected chi connectivity index (χ3v) is 3.98. The standard InChI is InChI=1S/C16H22N6/c1-12-17-7-6-14(20-12)15-5-4-8-22(15)11-13-9-18-16(19-10-13)21(2)3/h6-7,9-10,15H,4-5,8,11H2,1-3H3. The molecule has 6 nitrogen and oxygen atoms in total. The van der Waals surface area contributed by atoms with Crippen LogP contribution in [0.15, 0.2) is 24.7 Å². The average molecular weight is 298 g/mol. The van der Waals surface area contributed by atoms with Gasteiger partial charge in [0, 0.05) is 44.8 Å². The SMILES string of the molecule is Cc1nccc(C2CCCN2Cc2cnc(N(C)C)nc2)n1. The second-order valence-corrected chi connectivity index (χ2v) is 5.94. The van der Waals surface area contributed by atoms with Crippen LogP contribution < -0.4 is 4.90 Å². The first-order valence-electron chi connectivity index (χ1n) is 7.65. The van der Waals surface area contributed by atoms with Crippen molar-refractivity contribution in [3.63, 3.8) is 0 Å². The number of aromatic nitrogens is 4. The fraction of sp³-hybridized carbons (Fsp3) is 0.500. The Bertz CT molecular complexity index is 625. The van der Waals surface area contributed by atoms with E-state index in [2.05, 4.69) is 24.8 Å². The van der Waals surface area contributed by atoms with Gasteiger partial charge in [0.05, 0.1) is 11.7 Å². The molecule has 2 aromatic rings. The Balaban J connectivity index is 1.73. The van der Waals surface area contributed by atoms with E-state index in [9.17, 15) is 0 Å². The molecule has 0 saturated carbocycles. The van der Waals surface area contributed by atoms with Crippen LogP contribution in [0.25, 0.3) is 0 Å². The molecule has 0 bridgehead atoms. The van der Waals surface area contributed by atoms with Crippen LogP contribution in [-0.2, 0) is 6.54 Å². The summed E-state index contributed by atoms with van der Waals surface area (Å²) in [4.78, 5) is 21.9. The van der Waals surface area contributed by atoms with Gasteiger partial charge < -0.3 is 4.90 Å². The molecule has 1 fully saturated rings. The van der Waals surface area contributed by atoms with Gasteiger partial charge in [-0.3, -0.25) is 4.90 Å². The Kier molecular flexibility index (Phi) is 4.29. The summed E-state index contributed by atoms with van der Waals surface area (Å²) < 4.78 is 0. The Morgan fingerprint density at radius 1 is 1.23 bits per heavy atom. The largest absolute Gasteiger partial charge is 0.347 e. The van der Waals surface area contributed by atoms with Crippen LogP contribution in [0.4, 0.5) is 5.95 Å². The zero-order valence-electron chi connectivity index (χ0n) is 13.4. The third kappa shape index (κ3) is 3.22. The minimum absolute atomic E-state index is 0.371. The van der Waals surface area contributed by atoms with E-state index in [0.29, 0.717) is 6.04 Å². The first-order valence-corrected chi connectivity index (χ1v) is 7.65. The summed E-state index contributed by atoms with van der Waals surface area (Å²) in [5, 5.41) is 0. The van der Waals surface area contributed by atoms with Gasteiger partial charge in [-0.2, -0.15) is 0 Å². The van der Waals surface area contributed by atoms with Crippen molar-refractivity contribution in [2.75, 3.05) is 25.5 Å². The molecule has 0 spiro atoms. The van der Waals surface area contributed by atoms with E-state index in [-0.39, 0.29) is 0 Å². The highest BCUT2D eigenvalue weighted by Gasteiger charge is 2.27. The van der Waals surface area contributed by atoms with E-state index >= 15 is 0 Å². The summed E-state index contributed by atoms with van der Waals surface area (Å²) in [6, 6.07) is 2.40. The van der Waals surface area contributed by atoms with Crippen molar-refractivity contribution in [3.8, 4) is 0 Å². The van der Waals surface area contributed by atoms with Crippen LogP contribution in [0, 0.1) is 6.92 Å². The zero-order chi connectivity index (χ0) is 15.5. The molecule has 0 N–H and O–H groups in total. The van der Waals surface area contributed by atoms with Gasteiger partial charge in [0.15, 0.2) is 0 Å². The molecule has 0 aromatic carbocycles. The normalized spacial score (nSPS) is 18.6. The van der Waals surface area contributed by atoms with E-state index in [1.165, 1.54) is 6.42 Å². The number of anilines is 1. The summed E-state index contributed by atoms with van der Waals surface area (Å²) in [5.41, 5.74) is 2.26. The fourth-order valence-corrected chi connectivity index (χ4v) is 2.91. The Morgan fingerprint density at radius 2 is 2.00 bits per heavy atom. The predicted octanol–water partition coefficient (Wildman–Crippen LogP) is 1.98. The van der Waals surface area contributed by atoms with Gasteiger partial charge in [-0.05, 0) is 32.4 Å². The molecule has 3 heterocycles. The van der Waals surface area contributed by atoms with E-state index in [1.807, 2.05) is 50.6 Å². The maximum absolute atomic E-state index is 4.59. The third-order valence-electron chi connectivity index (χ3n) is 3.98. The number of likely N-dealkylation sites (tertiary alicyclic amines) is 1. The van der Waals surface area contributed by atoms with E-state index < -0.39 is 0 Å². The molecular weight excluding hydrogens is 276 g/mol. The molecule has 0 amide bonds. The molecule has 22 heavy (non-hydrogen) atoms. The van der Waals surface area contributed by atoms with Crippen molar-refractivity contribution in [1.82, 2.24) is 24.8 Å². The highest BCUT2D eigenvalue weighted by atomic mass is 15.2. The zero-order valence-corrected chi connectivity index (χ0v) is 13.4. The lowest BCUT2D eigenvalue weighted by Gasteiger charge is -2.24. The van der Waals surface area contributed by atoms with Crippen LogP contribution >= 0.6 is 0 Å². The van der Waals surface area contributed by atoms with Gasteiger partial charge in [0.1, 0.15) is 5.82 Å². The van der Waals surface area contributed by atoms with Gasteiger partial charge in [-0.15, -0.1) is 0 Å². The summed E-state index contributed by atoms with van der Waals surface area (Å²) in [6.45, 7) is 3.89. The van der Waals surface area contributed by atoms with Crippen molar-refractivity contribution in [2.45, 2.75) is 32.4 Å². The summed E-state index contributed by atoms with van der Waals surface area (Å²) in [5.74, 6) is 1.58. The fourth-order valence-electron chi connectivity index (χ4n) is 2.91. The second-order valence-electron chi connectivity index (χ2n) is 5.94. The highest BCUT2D eigenvalue weighted by Crippen LogP contribution is 2.31. The molecule has 1 unspecified atom stereocenters. The van der Waals surface area contributed by atoms with Crippen molar-refractivity contribution >= 4 is 5.95 Å². The highest BCUT2D eigenvalue weighted by molar-refractivity contribution is 5.26. The lowest BCUT2D eigenvalue weighted by atomic mass is 10.1. The molecule has 1 saturated heterocycles. The number of rotatable bonds is 4. The topological polar surface area (TPSA) is 58.0 Å². The molecular formula is C16H22N6. The molecule has 1 atom stereocenters. The van der Waals surface area contributed by atoms with Crippen molar-refractivity contribution in [2.24, 2.45) is 0 Å². The van der Waals surface area contributed by atoms with Crippen LogP contribution in [0.3, 0.4) is 0 Å². The van der Waals surface area contributed by atoms with E-state index in [4.69, 9.17) is 0 Å². The summed E-state index contributed by atoms with van der Waals surface area (Å²) in [6.07, 6.45) is 8.03. The van der Waals surface area contributed by atoms with Crippen LogP contribution in [0.5, 0.6) is 0 Å². The minimum Gasteiger partial charge on any atom is -0.347 e. The first kappa shape index (κ1) is 14.8. The first-order chi connectivity index (χ1) is 10.6. The lowest BCUT2D eigenvalue weighted by Crippen LogP contribution is -2.24. The van der Waals surface area contributed by atoms with Crippen LogP contribution in [0.2, 0.25) is 0 Å². The molecule has 3 rings (SSSR count). The number of nitrogens with zero attached hydrogens (tertiary/aromatic N) is 6. The van der Waals surface area contributed by atoms with Crippen LogP contribution in [-0.4, -0.2) is 45.5 Å². The Labute approximate surface area is 131 Å². The molecule has 6 heteroatoms. The quantitative estimate of drug-likeness (QED) is 0.860. The van der Waals surface area contributed by atoms with Gasteiger partial charge in [-0.1, -0.05) is 0 Å². The van der Waals surface area contributed by atoms with E-state index in [0.717, 1.165) is 42.5 Å². The van der Waals surface area contributed by atoms with Crippen molar-refractivity contribution < 1.29 is 0 Å². The van der Waals surface area contributed by atoms with Gasteiger partial charge in [0.2, 0.25) is 5.95 Å². The van der Waals surface area contributed by atoms with Gasteiger partial charge in [-0.25, -0.2) is 19.9 Å². The van der Waals surface area contributed by atoms with E-state index in [1.54, 1.807) is 0 Å². The molecule has 0 radical (unpaired) electrons. The number of hydrogen-bond donors (Lipinski definition) is 0. The molecule has 1 aliphatic rings. The molecule has 1 aliphatic heterocycles. The predicted molar refractivity (Wildman–Crippen MR) is 85.5 cm³/mol. The van der Waals surface area contributed by atoms with Gasteiger partial charge in [0.25, 0.3) is 0 Å². The van der Waals surface area contributed by atoms with Crippen molar-refractivity contribution in [3.05, 3.63) is 41.7 Å². The molecule has 0 aliphatic carbocycles. The Morgan fingerprint density at radius 3 is 2.68 bits per heavy atom. The molecule has 116 valence electrons. The Hall–Kier alpha value is -2.08. The van der Waals surface area contributed by atoms with Crippen molar-refractivity contribution in [1.29, 1.82) is 0 Å². The number of aryl methyl sites for hydroxylation is 1. The minimum atomic E-state index is 0.371. The monoisotopic (exact) mass is 298 g/mol. The maximum atomic E-state index is 4.59. The summed E-state index contributed by atoms with van der Waals surface area (Å²) >= 11 is 0. The lowest BCUT2D eigenvalue weighted by molar-refractivity contribution is 0.243.